The first-order valence-electron chi connectivity index (χ1n) is 11.2. The average Bonchev–Trinajstić information content (AvgIpc) is 2.74. The zero-order valence-electron chi connectivity index (χ0n) is 20.7. The van der Waals surface area contributed by atoms with Crippen LogP contribution in [0.2, 0.25) is 0 Å². The fourth-order valence-electron chi connectivity index (χ4n) is 2.42. The van der Waals surface area contributed by atoms with Crippen molar-refractivity contribution in [3.63, 3.8) is 0 Å². The number of benzene rings is 1. The number of carbonyl (C=O) groups excluding carboxylic acids is 4. The van der Waals surface area contributed by atoms with Crippen LogP contribution in [0, 0.1) is 0 Å². The molecule has 0 aliphatic heterocycles. The summed E-state index contributed by atoms with van der Waals surface area (Å²) in [6.07, 6.45) is 1.10. The summed E-state index contributed by atoms with van der Waals surface area (Å²) in [5.41, 5.74) is 5.49. The standard InChI is InChI=1S/C20H31N5O6.C3H8/c1-20(2,3)31-19(30)23-11-16(27)25-15(5-4-10-22-18(21)29)17(28)24-14-8-6-13(12-26)7-9-14;1-3-2/h6-9,15,26H,4-5,10-12H2,1-3H3,(H,23,30)(H,24,28)(H,25,27)(H3,21,22,29);3H2,1-2H3. The van der Waals surface area contributed by atoms with Gasteiger partial charge in [0.15, 0.2) is 0 Å². The van der Waals surface area contributed by atoms with Crippen LogP contribution in [0.25, 0.3) is 0 Å². The van der Waals surface area contributed by atoms with Crippen LogP contribution in [0.1, 0.15) is 59.4 Å². The molecule has 0 saturated carbocycles. The largest absolute Gasteiger partial charge is 0.444 e. The third-order valence-corrected chi connectivity index (χ3v) is 3.82. The van der Waals surface area contributed by atoms with Gasteiger partial charge < -0.3 is 36.8 Å². The highest BCUT2D eigenvalue weighted by molar-refractivity contribution is 5.97. The van der Waals surface area contributed by atoms with Crippen molar-refractivity contribution in [2.45, 2.75) is 72.1 Å². The normalized spacial score (nSPS) is 11.2. The monoisotopic (exact) mass is 481 g/mol. The van der Waals surface area contributed by atoms with Crippen LogP contribution in [0.5, 0.6) is 0 Å². The molecule has 1 aromatic rings. The molecule has 1 rings (SSSR count). The van der Waals surface area contributed by atoms with Gasteiger partial charge in [-0.1, -0.05) is 32.4 Å². The molecule has 0 saturated heterocycles. The second kappa shape index (κ2) is 16.3. The van der Waals surface area contributed by atoms with E-state index in [0.29, 0.717) is 17.7 Å². The van der Waals surface area contributed by atoms with Gasteiger partial charge in [0.25, 0.3) is 0 Å². The Balaban J connectivity index is 0.00000343. The highest BCUT2D eigenvalue weighted by atomic mass is 16.6. The van der Waals surface area contributed by atoms with Crippen LogP contribution < -0.4 is 27.0 Å². The first-order chi connectivity index (χ1) is 15.9. The Bertz CT molecular complexity index is 777. The van der Waals surface area contributed by atoms with E-state index in [1.54, 1.807) is 45.0 Å². The molecule has 0 fully saturated rings. The summed E-state index contributed by atoms with van der Waals surface area (Å²) in [6.45, 7) is 9.07. The predicted octanol–water partition coefficient (Wildman–Crippen LogP) is 1.99. The molecule has 11 heteroatoms. The van der Waals surface area contributed by atoms with Crippen molar-refractivity contribution in [1.29, 1.82) is 0 Å². The molecular formula is C23H39N5O6. The summed E-state index contributed by atoms with van der Waals surface area (Å²) in [5, 5.41) is 19.1. The van der Waals surface area contributed by atoms with E-state index in [1.807, 2.05) is 0 Å². The molecule has 7 N–H and O–H groups in total. The van der Waals surface area contributed by atoms with Gasteiger partial charge in [-0.2, -0.15) is 0 Å². The first kappa shape index (κ1) is 30.7. The number of aliphatic hydroxyl groups is 1. The Morgan fingerprint density at radius 3 is 2.15 bits per heavy atom. The molecule has 192 valence electrons. The van der Waals surface area contributed by atoms with Crippen molar-refractivity contribution in [2.75, 3.05) is 18.4 Å². The van der Waals surface area contributed by atoms with Crippen LogP contribution in [-0.2, 0) is 20.9 Å². The van der Waals surface area contributed by atoms with E-state index in [2.05, 4.69) is 35.1 Å². The van der Waals surface area contributed by atoms with Crippen molar-refractivity contribution < 1.29 is 29.0 Å². The molecule has 1 unspecified atom stereocenters. The second-order valence-electron chi connectivity index (χ2n) is 8.46. The minimum absolute atomic E-state index is 0.121. The molecule has 0 heterocycles. The summed E-state index contributed by atoms with van der Waals surface area (Å²) in [5.74, 6) is -1.05. The summed E-state index contributed by atoms with van der Waals surface area (Å²) in [7, 11) is 0. The van der Waals surface area contributed by atoms with Crippen molar-refractivity contribution in [3.8, 4) is 0 Å². The van der Waals surface area contributed by atoms with Gasteiger partial charge in [-0.25, -0.2) is 9.59 Å². The lowest BCUT2D eigenvalue weighted by molar-refractivity contribution is -0.126. The molecule has 1 aromatic carbocycles. The van der Waals surface area contributed by atoms with Gasteiger partial charge >= 0.3 is 12.1 Å². The molecule has 0 spiro atoms. The number of urea groups is 1. The molecular weight excluding hydrogens is 442 g/mol. The first-order valence-corrected chi connectivity index (χ1v) is 11.2. The van der Waals surface area contributed by atoms with Crippen LogP contribution in [0.15, 0.2) is 24.3 Å². The number of alkyl carbamates (subject to hydrolysis) is 1. The predicted molar refractivity (Wildman–Crippen MR) is 130 cm³/mol. The molecule has 0 aliphatic rings. The van der Waals surface area contributed by atoms with E-state index in [4.69, 9.17) is 15.6 Å². The van der Waals surface area contributed by atoms with E-state index in [1.165, 1.54) is 6.42 Å². The molecule has 34 heavy (non-hydrogen) atoms. The fraction of sp³-hybridized carbons (Fsp3) is 0.565. The topological polar surface area (TPSA) is 172 Å². The Morgan fingerprint density at radius 2 is 1.65 bits per heavy atom. The number of anilines is 1. The Labute approximate surface area is 201 Å². The fourth-order valence-corrected chi connectivity index (χ4v) is 2.42. The van der Waals surface area contributed by atoms with E-state index < -0.39 is 35.6 Å². The number of nitrogens with two attached hydrogens (primary N) is 1. The third-order valence-electron chi connectivity index (χ3n) is 3.82. The van der Waals surface area contributed by atoms with Crippen molar-refractivity contribution >= 4 is 29.6 Å². The van der Waals surface area contributed by atoms with Gasteiger partial charge in [-0.05, 0) is 51.3 Å². The highest BCUT2D eigenvalue weighted by Crippen LogP contribution is 2.11. The molecule has 11 nitrogen and oxygen atoms in total. The van der Waals surface area contributed by atoms with Crippen LogP contribution in [0.4, 0.5) is 15.3 Å². The SMILES string of the molecule is CC(C)(C)OC(=O)NCC(=O)NC(CCCNC(N)=O)C(=O)Nc1ccc(CO)cc1.CCC. The molecule has 0 radical (unpaired) electrons. The maximum Gasteiger partial charge on any atom is 0.408 e. The summed E-state index contributed by atoms with van der Waals surface area (Å²) in [6, 6.07) is 4.97. The van der Waals surface area contributed by atoms with E-state index in [-0.39, 0.29) is 26.1 Å². The highest BCUT2D eigenvalue weighted by Gasteiger charge is 2.22. The number of hydrogen-bond acceptors (Lipinski definition) is 6. The second-order valence-corrected chi connectivity index (χ2v) is 8.46. The Kier molecular flexibility index (Phi) is 14.7. The molecule has 1 atom stereocenters. The van der Waals surface area contributed by atoms with E-state index >= 15 is 0 Å². The van der Waals surface area contributed by atoms with Crippen molar-refractivity contribution in [2.24, 2.45) is 5.73 Å². The number of carbonyl (C=O) groups is 4. The Hall–Kier alpha value is -3.34. The molecule has 0 bridgehead atoms. The Morgan fingerprint density at radius 1 is 1.06 bits per heavy atom. The van der Waals surface area contributed by atoms with Crippen LogP contribution in [-0.4, -0.2) is 53.8 Å². The van der Waals surface area contributed by atoms with Gasteiger partial charge in [0.05, 0.1) is 6.61 Å². The van der Waals surface area contributed by atoms with Gasteiger partial charge in [-0.3, -0.25) is 9.59 Å². The molecule has 0 aliphatic carbocycles. The smallest absolute Gasteiger partial charge is 0.408 e. The third kappa shape index (κ3) is 15.5. The maximum absolute atomic E-state index is 12.7. The van der Waals surface area contributed by atoms with Gasteiger partial charge in [0.2, 0.25) is 11.8 Å². The number of hydrogen-bond donors (Lipinski definition) is 6. The van der Waals surface area contributed by atoms with E-state index in [9.17, 15) is 19.2 Å². The zero-order chi connectivity index (χ0) is 26.1. The quantitative estimate of drug-likeness (QED) is 0.279. The summed E-state index contributed by atoms with van der Waals surface area (Å²) < 4.78 is 5.06. The summed E-state index contributed by atoms with van der Waals surface area (Å²) >= 11 is 0. The zero-order valence-corrected chi connectivity index (χ0v) is 20.7. The van der Waals surface area contributed by atoms with Gasteiger partial charge in [-0.15, -0.1) is 0 Å². The number of rotatable bonds is 10. The number of nitrogens with one attached hydrogen (secondary N) is 4. The number of aliphatic hydroxyl groups excluding tert-OH is 1. The lowest BCUT2D eigenvalue weighted by atomic mass is 10.1. The van der Waals surface area contributed by atoms with Crippen molar-refractivity contribution in [3.05, 3.63) is 29.8 Å². The van der Waals surface area contributed by atoms with Crippen LogP contribution >= 0.6 is 0 Å². The minimum atomic E-state index is -0.917. The summed E-state index contributed by atoms with van der Waals surface area (Å²) in [4.78, 5) is 47.4. The van der Waals surface area contributed by atoms with Crippen LogP contribution in [0.3, 0.4) is 0 Å². The lowest BCUT2D eigenvalue weighted by Gasteiger charge is -2.21. The molecule has 5 amide bonds. The molecule has 0 aromatic heterocycles. The van der Waals surface area contributed by atoms with Gasteiger partial charge in [0, 0.05) is 12.2 Å². The van der Waals surface area contributed by atoms with Crippen molar-refractivity contribution in [1.82, 2.24) is 16.0 Å². The number of amides is 5. The maximum atomic E-state index is 12.7. The average molecular weight is 482 g/mol. The van der Waals surface area contributed by atoms with E-state index in [0.717, 1.165) is 0 Å². The lowest BCUT2D eigenvalue weighted by Crippen LogP contribution is -2.48. The number of primary amides is 1. The number of ether oxygens (including phenoxy) is 1. The minimum Gasteiger partial charge on any atom is -0.444 e. The van der Waals surface area contributed by atoms with Gasteiger partial charge in [0.1, 0.15) is 18.2 Å².